The number of aromatic nitrogens is 1. The van der Waals surface area contributed by atoms with E-state index in [-0.39, 0.29) is 38.8 Å². The molecule has 0 radical (unpaired) electrons. The average Bonchev–Trinajstić information content (AvgIpc) is 3.38. The number of nitrogens with zero attached hydrogens (tertiary/aromatic N) is 1. The molecule has 15 nitrogen and oxygen atoms in total. The van der Waals surface area contributed by atoms with Gasteiger partial charge >= 0.3 is 12.0 Å². The lowest BCUT2D eigenvalue weighted by Gasteiger charge is -2.37. The number of carboxylic acids is 1. The Morgan fingerprint density at radius 3 is 2.47 bits per heavy atom. The molecular weight excluding hydrogens is 560 g/mol. The Morgan fingerprint density at radius 2 is 1.77 bits per heavy atom. The highest BCUT2D eigenvalue weighted by Gasteiger charge is 2.36. The summed E-state index contributed by atoms with van der Waals surface area (Å²) in [6.07, 6.45) is 3.50. The van der Waals surface area contributed by atoms with Crippen LogP contribution >= 0.6 is 0 Å². The van der Waals surface area contributed by atoms with Crippen molar-refractivity contribution < 1.29 is 33.9 Å². The van der Waals surface area contributed by atoms with Gasteiger partial charge in [-0.05, 0) is 50.2 Å². The first kappa shape index (κ1) is 32.8. The van der Waals surface area contributed by atoms with Crippen LogP contribution < -0.4 is 33.2 Å². The van der Waals surface area contributed by atoms with Crippen molar-refractivity contribution in [2.45, 2.75) is 75.5 Å². The number of nitrogens with two attached hydrogens (primary N) is 3. The lowest BCUT2D eigenvalue weighted by Crippen LogP contribution is -2.60. The van der Waals surface area contributed by atoms with Crippen LogP contribution in [0.1, 0.15) is 50.5 Å². The smallest absolute Gasteiger partial charge is 0.312 e. The van der Waals surface area contributed by atoms with Crippen molar-refractivity contribution in [3.8, 4) is 0 Å². The predicted molar refractivity (Wildman–Crippen MR) is 156 cm³/mol. The Labute approximate surface area is 248 Å². The number of H-pyrrole nitrogens is 1. The maximum absolute atomic E-state index is 13.6. The van der Waals surface area contributed by atoms with Crippen LogP contribution in [-0.2, 0) is 30.4 Å². The molecule has 1 aliphatic rings. The van der Waals surface area contributed by atoms with Crippen LogP contribution in [0, 0.1) is 0 Å². The number of likely N-dealkylation sites (tertiary alicyclic amines) is 1. The highest BCUT2D eigenvalue weighted by molar-refractivity contribution is 5.95. The maximum atomic E-state index is 13.6. The van der Waals surface area contributed by atoms with Crippen LogP contribution in [0.5, 0.6) is 0 Å². The average molecular weight is 601 g/mol. The van der Waals surface area contributed by atoms with Crippen molar-refractivity contribution in [1.29, 1.82) is 0 Å². The van der Waals surface area contributed by atoms with Gasteiger partial charge in [-0.3, -0.25) is 24.0 Å². The molecule has 234 valence electrons. The third-order valence-electron chi connectivity index (χ3n) is 7.44. The van der Waals surface area contributed by atoms with Crippen molar-refractivity contribution in [2.24, 2.45) is 17.2 Å². The second-order valence-electron chi connectivity index (χ2n) is 10.6. The van der Waals surface area contributed by atoms with Gasteiger partial charge < -0.3 is 48.1 Å². The number of benzene rings is 1. The number of piperidine rings is 1. The fourth-order valence-corrected chi connectivity index (χ4v) is 5.16. The first-order valence-electron chi connectivity index (χ1n) is 14.2. The number of aromatic amines is 1. The van der Waals surface area contributed by atoms with E-state index in [1.807, 2.05) is 24.3 Å². The molecule has 2 heterocycles. The Balaban J connectivity index is 1.80. The van der Waals surface area contributed by atoms with E-state index in [0.717, 1.165) is 16.5 Å². The number of rotatable bonds is 15. The summed E-state index contributed by atoms with van der Waals surface area (Å²) in [7, 11) is 0. The SMILES string of the molecule is NC(=O)NCCC[C@H](NC(=O)[C@H](Cc1c[nH]c2ccccc12)NC(=O)[C@@H]1CCCCN1C(=O)[C@@H](N)CCC(=O)O)C(N)=O. The molecule has 0 spiro atoms. The quantitative estimate of drug-likeness (QED) is 0.120. The van der Waals surface area contributed by atoms with Gasteiger partial charge in [0.15, 0.2) is 0 Å². The van der Waals surface area contributed by atoms with Gasteiger partial charge in [0, 0.05) is 43.0 Å². The third kappa shape index (κ3) is 9.43. The number of hydrogen-bond donors (Lipinski definition) is 8. The number of amides is 6. The summed E-state index contributed by atoms with van der Waals surface area (Å²) in [5, 5.41) is 17.6. The zero-order valence-electron chi connectivity index (χ0n) is 23.8. The number of hydrogen-bond acceptors (Lipinski definition) is 7. The first-order valence-corrected chi connectivity index (χ1v) is 14.2. The van der Waals surface area contributed by atoms with Crippen molar-refractivity contribution in [3.05, 3.63) is 36.0 Å². The second kappa shape index (κ2) is 15.5. The van der Waals surface area contributed by atoms with E-state index in [0.29, 0.717) is 25.7 Å². The van der Waals surface area contributed by atoms with E-state index < -0.39 is 59.8 Å². The van der Waals surface area contributed by atoms with E-state index in [1.54, 1.807) is 6.20 Å². The molecule has 0 bridgehead atoms. The zero-order valence-corrected chi connectivity index (χ0v) is 23.8. The summed E-state index contributed by atoms with van der Waals surface area (Å²) in [5.74, 6) is -3.63. The molecule has 1 aliphatic heterocycles. The summed E-state index contributed by atoms with van der Waals surface area (Å²) < 4.78 is 0. The first-order chi connectivity index (χ1) is 20.5. The van der Waals surface area contributed by atoms with Gasteiger partial charge in [-0.1, -0.05) is 18.2 Å². The molecule has 6 amide bonds. The van der Waals surface area contributed by atoms with Gasteiger partial charge in [0.25, 0.3) is 0 Å². The Morgan fingerprint density at radius 1 is 1.02 bits per heavy atom. The summed E-state index contributed by atoms with van der Waals surface area (Å²) >= 11 is 0. The van der Waals surface area contributed by atoms with Crippen LogP contribution in [0.15, 0.2) is 30.5 Å². The maximum Gasteiger partial charge on any atom is 0.312 e. The molecule has 1 fully saturated rings. The van der Waals surface area contributed by atoms with Gasteiger partial charge in [0.1, 0.15) is 18.1 Å². The molecule has 15 heteroatoms. The predicted octanol–water partition coefficient (Wildman–Crippen LogP) is -0.813. The number of primary amides is 2. The van der Waals surface area contributed by atoms with Crippen LogP contribution in [0.3, 0.4) is 0 Å². The molecule has 1 aromatic carbocycles. The molecule has 1 aromatic heterocycles. The summed E-state index contributed by atoms with van der Waals surface area (Å²) in [6.45, 7) is 0.435. The largest absolute Gasteiger partial charge is 0.481 e. The molecule has 3 rings (SSSR count). The minimum atomic E-state index is -1.14. The van der Waals surface area contributed by atoms with Gasteiger partial charge in [0.05, 0.1) is 6.04 Å². The van der Waals surface area contributed by atoms with Gasteiger partial charge in [-0.25, -0.2) is 4.79 Å². The van der Waals surface area contributed by atoms with Crippen LogP contribution in [0.2, 0.25) is 0 Å². The minimum Gasteiger partial charge on any atom is -0.481 e. The lowest BCUT2D eigenvalue weighted by atomic mass is 9.98. The number of para-hydroxylation sites is 1. The Hall–Kier alpha value is -4.66. The number of nitrogens with one attached hydrogen (secondary N) is 4. The van der Waals surface area contributed by atoms with Gasteiger partial charge in [-0.15, -0.1) is 0 Å². The van der Waals surface area contributed by atoms with E-state index in [1.165, 1.54) is 4.90 Å². The number of fused-ring (bicyclic) bond motifs is 1. The van der Waals surface area contributed by atoms with E-state index in [9.17, 15) is 28.8 Å². The summed E-state index contributed by atoms with van der Waals surface area (Å²) in [4.78, 5) is 78.8. The van der Waals surface area contributed by atoms with Crippen LogP contribution in [-0.4, -0.2) is 87.9 Å². The number of carboxylic acid groups (broad SMARTS) is 1. The Kier molecular flexibility index (Phi) is 11.9. The topological polar surface area (TPSA) is 256 Å². The second-order valence-corrected chi connectivity index (χ2v) is 10.6. The molecule has 2 aromatic rings. The molecule has 1 saturated heterocycles. The fourth-order valence-electron chi connectivity index (χ4n) is 5.16. The molecule has 0 saturated carbocycles. The van der Waals surface area contributed by atoms with E-state index >= 15 is 0 Å². The van der Waals surface area contributed by atoms with Crippen molar-refractivity contribution >= 4 is 46.5 Å². The third-order valence-corrected chi connectivity index (χ3v) is 7.44. The van der Waals surface area contributed by atoms with Crippen molar-refractivity contribution in [2.75, 3.05) is 13.1 Å². The number of aliphatic carboxylic acids is 1. The summed E-state index contributed by atoms with van der Waals surface area (Å²) in [6, 6.07) is 2.49. The minimum absolute atomic E-state index is 0.0646. The van der Waals surface area contributed by atoms with E-state index in [2.05, 4.69) is 20.9 Å². The standard InChI is InChI=1S/C28H40N8O7/c29-18(10-11-23(37)38)27(42)36-13-4-3-9-22(36)26(41)35-21(14-16-15-33-19-7-2-1-6-17(16)19)25(40)34-20(24(30)39)8-5-12-32-28(31)43/h1-2,6-7,15,18,20-22,33H,3-5,8-14,29H2,(H2,30,39)(H,34,40)(H,35,41)(H,37,38)(H3,31,32,43)/t18-,20-,21-,22-/m0/s1. The number of urea groups is 1. The van der Waals surface area contributed by atoms with Crippen molar-refractivity contribution in [1.82, 2.24) is 25.8 Å². The van der Waals surface area contributed by atoms with Gasteiger partial charge in [-0.2, -0.15) is 0 Å². The molecule has 0 aliphatic carbocycles. The zero-order chi connectivity index (χ0) is 31.5. The molecule has 0 unspecified atom stereocenters. The number of carbonyl (C=O) groups is 6. The lowest BCUT2D eigenvalue weighted by molar-refractivity contribution is -0.144. The van der Waals surface area contributed by atoms with Crippen molar-refractivity contribution in [3.63, 3.8) is 0 Å². The van der Waals surface area contributed by atoms with Crippen LogP contribution in [0.25, 0.3) is 10.9 Å². The highest BCUT2D eigenvalue weighted by atomic mass is 16.4. The van der Waals surface area contributed by atoms with E-state index in [4.69, 9.17) is 22.3 Å². The fraction of sp³-hybridized carbons (Fsp3) is 0.500. The number of carbonyl (C=O) groups excluding carboxylic acids is 5. The monoisotopic (exact) mass is 600 g/mol. The van der Waals surface area contributed by atoms with Crippen LogP contribution in [0.4, 0.5) is 4.79 Å². The van der Waals surface area contributed by atoms with Gasteiger partial charge in [0.2, 0.25) is 23.6 Å². The normalized spacial score (nSPS) is 17.0. The molecular formula is C28H40N8O7. The summed E-state index contributed by atoms with van der Waals surface area (Å²) in [5.41, 5.74) is 18.1. The highest BCUT2D eigenvalue weighted by Crippen LogP contribution is 2.22. The molecule has 11 N–H and O–H groups in total. The molecule has 4 atom stereocenters. The molecule has 43 heavy (non-hydrogen) atoms. The Bertz CT molecular complexity index is 1330.